The van der Waals surface area contributed by atoms with Gasteiger partial charge in [0.15, 0.2) is 0 Å². The molecule has 6 heteroatoms. The number of aryl methyl sites for hydroxylation is 2. The van der Waals surface area contributed by atoms with E-state index in [2.05, 4.69) is 26.1 Å². The van der Waals surface area contributed by atoms with Gasteiger partial charge in [0, 0.05) is 10.0 Å². The van der Waals surface area contributed by atoms with Crippen LogP contribution in [0.4, 0.5) is 5.00 Å². The van der Waals surface area contributed by atoms with Gasteiger partial charge in [0.25, 0.3) is 5.89 Å². The number of nitrogens with two attached hydrogens (primary N) is 1. The fourth-order valence-corrected chi connectivity index (χ4v) is 3.12. The molecule has 0 saturated carbocycles. The van der Waals surface area contributed by atoms with Crippen molar-refractivity contribution in [1.29, 1.82) is 0 Å². The molecule has 4 nitrogen and oxygen atoms in total. The first-order chi connectivity index (χ1) is 9.54. The molecule has 0 aliphatic heterocycles. The van der Waals surface area contributed by atoms with Crippen molar-refractivity contribution < 1.29 is 4.52 Å². The van der Waals surface area contributed by atoms with Crippen LogP contribution in [0.5, 0.6) is 0 Å². The SMILES string of the molecule is Cc1ccc(-c2noc(-c3sc(N)cc3C)n2)cc1Br. The zero-order valence-electron chi connectivity index (χ0n) is 11.0. The van der Waals surface area contributed by atoms with Crippen LogP contribution in [-0.4, -0.2) is 10.1 Å². The van der Waals surface area contributed by atoms with Crippen LogP contribution < -0.4 is 5.73 Å². The fraction of sp³-hybridized carbons (Fsp3) is 0.143. The molecule has 0 aliphatic carbocycles. The van der Waals surface area contributed by atoms with Crippen LogP contribution in [0.1, 0.15) is 11.1 Å². The number of nitrogens with zero attached hydrogens (tertiary/aromatic N) is 2. The highest BCUT2D eigenvalue weighted by atomic mass is 79.9. The molecular weight excluding hydrogens is 338 g/mol. The number of benzene rings is 1. The van der Waals surface area contributed by atoms with Crippen LogP contribution in [0.25, 0.3) is 22.2 Å². The Morgan fingerprint density at radius 3 is 2.65 bits per heavy atom. The summed E-state index contributed by atoms with van der Waals surface area (Å²) in [6.07, 6.45) is 0. The molecule has 0 bridgehead atoms. The van der Waals surface area contributed by atoms with E-state index >= 15 is 0 Å². The van der Waals surface area contributed by atoms with Gasteiger partial charge < -0.3 is 10.3 Å². The summed E-state index contributed by atoms with van der Waals surface area (Å²) in [6.45, 7) is 4.02. The van der Waals surface area contributed by atoms with Gasteiger partial charge in [0.05, 0.1) is 9.88 Å². The second-order valence-corrected chi connectivity index (χ2v) is 6.49. The summed E-state index contributed by atoms with van der Waals surface area (Å²) < 4.78 is 6.37. The predicted octanol–water partition coefficient (Wildman–Crippen LogP) is 4.43. The molecule has 0 unspecified atom stereocenters. The van der Waals surface area contributed by atoms with E-state index in [0.29, 0.717) is 11.7 Å². The third-order valence-electron chi connectivity index (χ3n) is 2.99. The monoisotopic (exact) mass is 349 g/mol. The van der Waals surface area contributed by atoms with Crippen molar-refractivity contribution in [3.05, 3.63) is 39.9 Å². The Labute approximate surface area is 128 Å². The predicted molar refractivity (Wildman–Crippen MR) is 84.6 cm³/mol. The summed E-state index contributed by atoms with van der Waals surface area (Å²) in [5, 5.41) is 4.79. The molecule has 0 aliphatic rings. The Bertz CT molecular complexity index is 779. The third kappa shape index (κ3) is 2.36. The highest BCUT2D eigenvalue weighted by molar-refractivity contribution is 9.10. The number of aromatic nitrogens is 2. The molecule has 0 radical (unpaired) electrons. The summed E-state index contributed by atoms with van der Waals surface area (Å²) in [5.74, 6) is 1.09. The summed E-state index contributed by atoms with van der Waals surface area (Å²) >= 11 is 4.96. The van der Waals surface area contributed by atoms with Crippen molar-refractivity contribution >= 4 is 32.3 Å². The second-order valence-electron chi connectivity index (χ2n) is 4.55. The molecule has 2 aromatic heterocycles. The Balaban J connectivity index is 2.01. The average Bonchev–Trinajstić information content (AvgIpc) is 2.99. The number of halogens is 1. The summed E-state index contributed by atoms with van der Waals surface area (Å²) in [7, 11) is 0. The molecule has 1 aromatic carbocycles. The van der Waals surface area contributed by atoms with Gasteiger partial charge in [-0.2, -0.15) is 4.98 Å². The standard InChI is InChI=1S/C14H12BrN3OS/c1-7-3-4-9(6-10(7)15)13-17-14(19-18-13)12-8(2)5-11(16)20-12/h3-6H,16H2,1-2H3. The van der Waals surface area contributed by atoms with E-state index in [4.69, 9.17) is 10.3 Å². The van der Waals surface area contributed by atoms with Crippen molar-refractivity contribution in [2.24, 2.45) is 0 Å². The van der Waals surface area contributed by atoms with Gasteiger partial charge in [0.1, 0.15) is 0 Å². The minimum atomic E-state index is 0.510. The van der Waals surface area contributed by atoms with E-state index in [1.807, 2.05) is 38.1 Å². The fourth-order valence-electron chi connectivity index (χ4n) is 1.88. The van der Waals surface area contributed by atoms with Gasteiger partial charge >= 0.3 is 0 Å². The third-order valence-corrected chi connectivity index (χ3v) is 4.90. The number of hydrogen-bond acceptors (Lipinski definition) is 5. The number of rotatable bonds is 2. The summed E-state index contributed by atoms with van der Waals surface area (Å²) in [6, 6.07) is 7.89. The first-order valence-corrected chi connectivity index (χ1v) is 7.62. The maximum atomic E-state index is 5.79. The van der Waals surface area contributed by atoms with Crippen LogP contribution in [0, 0.1) is 13.8 Å². The van der Waals surface area contributed by atoms with E-state index < -0.39 is 0 Å². The molecule has 2 heterocycles. The lowest BCUT2D eigenvalue weighted by Crippen LogP contribution is -1.83. The Morgan fingerprint density at radius 1 is 1.20 bits per heavy atom. The maximum Gasteiger partial charge on any atom is 0.268 e. The number of nitrogen functional groups attached to an aromatic ring is 1. The van der Waals surface area contributed by atoms with Crippen molar-refractivity contribution in [2.45, 2.75) is 13.8 Å². The molecule has 2 N–H and O–H groups in total. The molecular formula is C14H12BrN3OS. The van der Waals surface area contributed by atoms with Crippen LogP contribution in [-0.2, 0) is 0 Å². The topological polar surface area (TPSA) is 64.9 Å². The maximum absolute atomic E-state index is 5.79. The van der Waals surface area contributed by atoms with Gasteiger partial charge in [-0.25, -0.2) is 0 Å². The van der Waals surface area contributed by atoms with E-state index in [0.717, 1.165) is 25.5 Å². The zero-order valence-corrected chi connectivity index (χ0v) is 13.4. The molecule has 0 spiro atoms. The summed E-state index contributed by atoms with van der Waals surface area (Å²) in [4.78, 5) is 5.38. The zero-order chi connectivity index (χ0) is 14.3. The van der Waals surface area contributed by atoms with Gasteiger partial charge in [-0.15, -0.1) is 11.3 Å². The van der Waals surface area contributed by atoms with Gasteiger partial charge in [-0.05, 0) is 37.1 Å². The van der Waals surface area contributed by atoms with Crippen molar-refractivity contribution in [1.82, 2.24) is 10.1 Å². The van der Waals surface area contributed by atoms with E-state index in [-0.39, 0.29) is 0 Å². The first-order valence-electron chi connectivity index (χ1n) is 6.01. The number of anilines is 1. The quantitative estimate of drug-likeness (QED) is 0.743. The normalized spacial score (nSPS) is 10.9. The van der Waals surface area contributed by atoms with Crippen LogP contribution in [0.2, 0.25) is 0 Å². The smallest absolute Gasteiger partial charge is 0.268 e. The lowest BCUT2D eigenvalue weighted by molar-refractivity contribution is 0.433. The van der Waals surface area contributed by atoms with Crippen molar-refractivity contribution in [2.75, 3.05) is 5.73 Å². The van der Waals surface area contributed by atoms with Crippen LogP contribution >= 0.6 is 27.3 Å². The molecule has 102 valence electrons. The molecule has 20 heavy (non-hydrogen) atoms. The molecule has 0 atom stereocenters. The van der Waals surface area contributed by atoms with Crippen molar-refractivity contribution in [3.8, 4) is 22.2 Å². The van der Waals surface area contributed by atoms with Gasteiger partial charge in [-0.3, -0.25) is 0 Å². The van der Waals surface area contributed by atoms with Crippen LogP contribution in [0.3, 0.4) is 0 Å². The van der Waals surface area contributed by atoms with Gasteiger partial charge in [-0.1, -0.05) is 33.2 Å². The molecule has 0 amide bonds. The average molecular weight is 350 g/mol. The second kappa shape index (κ2) is 5.03. The van der Waals surface area contributed by atoms with E-state index in [1.165, 1.54) is 16.9 Å². The highest BCUT2D eigenvalue weighted by Gasteiger charge is 2.15. The Kier molecular flexibility index (Phi) is 3.35. The van der Waals surface area contributed by atoms with Crippen LogP contribution in [0.15, 0.2) is 33.3 Å². The minimum absolute atomic E-state index is 0.510. The number of hydrogen-bond donors (Lipinski definition) is 1. The lowest BCUT2D eigenvalue weighted by atomic mass is 10.1. The van der Waals surface area contributed by atoms with Gasteiger partial charge in [0.2, 0.25) is 5.82 Å². The highest BCUT2D eigenvalue weighted by Crippen LogP contribution is 2.34. The minimum Gasteiger partial charge on any atom is -0.391 e. The Hall–Kier alpha value is -1.66. The summed E-state index contributed by atoms with van der Waals surface area (Å²) in [5.41, 5.74) is 8.92. The Morgan fingerprint density at radius 2 is 2.00 bits per heavy atom. The van der Waals surface area contributed by atoms with E-state index in [9.17, 15) is 0 Å². The van der Waals surface area contributed by atoms with E-state index in [1.54, 1.807) is 0 Å². The van der Waals surface area contributed by atoms with Crippen molar-refractivity contribution in [3.63, 3.8) is 0 Å². The largest absolute Gasteiger partial charge is 0.391 e. The number of thiophene rings is 1. The molecule has 0 fully saturated rings. The molecule has 3 aromatic rings. The lowest BCUT2D eigenvalue weighted by Gasteiger charge is -1.99. The molecule has 3 rings (SSSR count). The molecule has 0 saturated heterocycles. The first kappa shape index (κ1) is 13.3.